The van der Waals surface area contributed by atoms with Gasteiger partial charge in [0.25, 0.3) is 5.56 Å². The maximum Gasteiger partial charge on any atom is 0.291 e. The average molecular weight is 364 g/mol. The Labute approximate surface area is 153 Å². The van der Waals surface area contributed by atoms with Gasteiger partial charge in [0.1, 0.15) is 5.75 Å². The van der Waals surface area contributed by atoms with Gasteiger partial charge in [0.2, 0.25) is 4.96 Å². The van der Waals surface area contributed by atoms with E-state index in [-0.39, 0.29) is 5.56 Å². The van der Waals surface area contributed by atoms with Gasteiger partial charge < -0.3 is 4.74 Å². The van der Waals surface area contributed by atoms with Crippen LogP contribution in [0.5, 0.6) is 5.75 Å². The summed E-state index contributed by atoms with van der Waals surface area (Å²) in [6, 6.07) is 11.3. The van der Waals surface area contributed by atoms with Crippen LogP contribution in [0.4, 0.5) is 0 Å². The maximum absolute atomic E-state index is 12.6. The molecule has 0 spiro atoms. The topological polar surface area (TPSA) is 69.4 Å². The summed E-state index contributed by atoms with van der Waals surface area (Å²) in [7, 11) is 0. The second-order valence-electron chi connectivity index (χ2n) is 5.70. The molecule has 3 heterocycles. The van der Waals surface area contributed by atoms with E-state index >= 15 is 0 Å². The summed E-state index contributed by atoms with van der Waals surface area (Å²) in [6.45, 7) is 2.76. The van der Waals surface area contributed by atoms with Gasteiger partial charge in [-0.25, -0.2) is 0 Å². The molecule has 4 aromatic rings. The number of rotatable bonds is 5. The summed E-state index contributed by atoms with van der Waals surface area (Å²) in [5.41, 5.74) is 1.61. The quantitative estimate of drug-likeness (QED) is 0.544. The van der Waals surface area contributed by atoms with Crippen LogP contribution in [-0.4, -0.2) is 26.2 Å². The van der Waals surface area contributed by atoms with Gasteiger partial charge in [-0.3, -0.25) is 9.78 Å². The number of pyridine rings is 1. The van der Waals surface area contributed by atoms with E-state index < -0.39 is 0 Å². The molecule has 130 valence electrons. The van der Waals surface area contributed by atoms with E-state index in [1.54, 1.807) is 12.4 Å². The molecule has 3 aromatic heterocycles. The normalized spacial score (nSPS) is 12.0. The summed E-state index contributed by atoms with van der Waals surface area (Å²) < 4.78 is 7.53. The first kappa shape index (κ1) is 16.4. The van der Waals surface area contributed by atoms with Crippen molar-refractivity contribution in [1.29, 1.82) is 0 Å². The Morgan fingerprint density at radius 1 is 1.15 bits per heavy atom. The molecule has 7 heteroatoms. The van der Waals surface area contributed by atoms with Crippen LogP contribution in [-0.2, 0) is 0 Å². The molecule has 0 saturated carbocycles. The molecule has 6 nitrogen and oxygen atoms in total. The third-order valence-corrected chi connectivity index (χ3v) is 4.73. The van der Waals surface area contributed by atoms with Crippen LogP contribution >= 0.6 is 11.3 Å². The molecule has 0 atom stereocenters. The van der Waals surface area contributed by atoms with Gasteiger partial charge in [-0.1, -0.05) is 18.3 Å². The molecule has 0 aliphatic carbocycles. The highest BCUT2D eigenvalue weighted by atomic mass is 32.1. The molecule has 26 heavy (non-hydrogen) atoms. The highest BCUT2D eigenvalue weighted by Gasteiger charge is 2.12. The summed E-state index contributed by atoms with van der Waals surface area (Å²) in [5.74, 6) is 1.35. The van der Waals surface area contributed by atoms with Crippen LogP contribution < -0.4 is 14.8 Å². The van der Waals surface area contributed by atoms with E-state index in [0.717, 1.165) is 23.3 Å². The molecule has 0 saturated heterocycles. The zero-order valence-electron chi connectivity index (χ0n) is 14.1. The van der Waals surface area contributed by atoms with Crippen LogP contribution in [0, 0.1) is 0 Å². The molecule has 0 amide bonds. The molecule has 0 radical (unpaired) electrons. The van der Waals surface area contributed by atoms with Crippen molar-refractivity contribution in [3.8, 4) is 17.1 Å². The Bertz CT molecular complexity index is 1130. The van der Waals surface area contributed by atoms with Crippen LogP contribution in [0.15, 0.2) is 53.6 Å². The Morgan fingerprint density at radius 3 is 2.62 bits per heavy atom. The second-order valence-corrected chi connectivity index (χ2v) is 6.71. The summed E-state index contributed by atoms with van der Waals surface area (Å²) in [5, 5.41) is 4.37. The third kappa shape index (κ3) is 3.21. The minimum Gasteiger partial charge on any atom is -0.494 e. The van der Waals surface area contributed by atoms with Crippen molar-refractivity contribution in [2.75, 3.05) is 6.61 Å². The molecule has 0 bridgehead atoms. The van der Waals surface area contributed by atoms with Gasteiger partial charge in [-0.05, 0) is 54.5 Å². The SMILES string of the molecule is CCCOc1ccc(-c2nc3sc(=Cc4ccncc4)c(=O)n3n2)cc1. The van der Waals surface area contributed by atoms with Gasteiger partial charge in [-0.2, -0.15) is 9.50 Å². The number of benzene rings is 1. The van der Waals surface area contributed by atoms with Crippen LogP contribution in [0.2, 0.25) is 0 Å². The maximum atomic E-state index is 12.6. The molecule has 0 unspecified atom stereocenters. The van der Waals surface area contributed by atoms with Gasteiger partial charge in [-0.15, -0.1) is 5.10 Å². The first-order chi connectivity index (χ1) is 12.7. The van der Waals surface area contributed by atoms with E-state index in [0.29, 0.717) is 21.9 Å². The van der Waals surface area contributed by atoms with Gasteiger partial charge in [0.15, 0.2) is 5.82 Å². The molecule has 0 aliphatic heterocycles. The van der Waals surface area contributed by atoms with E-state index in [2.05, 4.69) is 22.0 Å². The average Bonchev–Trinajstić information content (AvgIpc) is 3.21. The van der Waals surface area contributed by atoms with E-state index in [1.807, 2.05) is 42.5 Å². The molecular weight excluding hydrogens is 348 g/mol. The summed E-state index contributed by atoms with van der Waals surface area (Å²) in [6.07, 6.45) is 6.18. The smallest absolute Gasteiger partial charge is 0.291 e. The van der Waals surface area contributed by atoms with E-state index in [1.165, 1.54) is 15.9 Å². The number of aromatic nitrogens is 4. The van der Waals surface area contributed by atoms with Crippen molar-refractivity contribution in [1.82, 2.24) is 19.6 Å². The molecule has 1 aromatic carbocycles. The largest absolute Gasteiger partial charge is 0.494 e. The van der Waals surface area contributed by atoms with Crippen molar-refractivity contribution >= 4 is 22.4 Å². The Morgan fingerprint density at radius 2 is 1.92 bits per heavy atom. The summed E-state index contributed by atoms with van der Waals surface area (Å²) >= 11 is 1.32. The Kier molecular flexibility index (Phi) is 4.45. The number of ether oxygens (including phenoxy) is 1. The molecule has 0 aliphatic rings. The van der Waals surface area contributed by atoms with Crippen molar-refractivity contribution in [3.63, 3.8) is 0 Å². The number of nitrogens with zero attached hydrogens (tertiary/aromatic N) is 4. The number of fused-ring (bicyclic) bond motifs is 1. The number of thiazole rings is 1. The fourth-order valence-electron chi connectivity index (χ4n) is 2.49. The Hall–Kier alpha value is -3.06. The van der Waals surface area contributed by atoms with Gasteiger partial charge in [0, 0.05) is 18.0 Å². The van der Waals surface area contributed by atoms with E-state index in [9.17, 15) is 4.79 Å². The third-order valence-electron chi connectivity index (χ3n) is 3.77. The minimum atomic E-state index is -0.163. The fourth-order valence-corrected chi connectivity index (χ4v) is 3.40. The van der Waals surface area contributed by atoms with Crippen molar-refractivity contribution < 1.29 is 4.74 Å². The van der Waals surface area contributed by atoms with E-state index in [4.69, 9.17) is 4.74 Å². The lowest BCUT2D eigenvalue weighted by Crippen LogP contribution is -2.23. The van der Waals surface area contributed by atoms with Crippen molar-refractivity contribution in [3.05, 3.63) is 69.2 Å². The minimum absolute atomic E-state index is 0.163. The standard InChI is InChI=1S/C19H16N4O2S/c1-2-11-25-15-5-3-14(4-6-15)17-21-19-23(22-17)18(24)16(26-19)12-13-7-9-20-10-8-13/h3-10,12H,2,11H2,1H3. The highest BCUT2D eigenvalue weighted by Crippen LogP contribution is 2.20. The molecular formula is C19H16N4O2S. The highest BCUT2D eigenvalue weighted by molar-refractivity contribution is 7.15. The van der Waals surface area contributed by atoms with Crippen molar-refractivity contribution in [2.24, 2.45) is 0 Å². The zero-order valence-corrected chi connectivity index (χ0v) is 14.9. The fraction of sp³-hybridized carbons (Fsp3) is 0.158. The van der Waals surface area contributed by atoms with Gasteiger partial charge in [0.05, 0.1) is 11.1 Å². The lowest BCUT2D eigenvalue weighted by molar-refractivity contribution is 0.317. The molecule has 0 N–H and O–H groups in total. The first-order valence-corrected chi connectivity index (χ1v) is 9.11. The monoisotopic (exact) mass is 364 g/mol. The lowest BCUT2D eigenvalue weighted by Gasteiger charge is -2.04. The first-order valence-electron chi connectivity index (χ1n) is 8.29. The van der Waals surface area contributed by atoms with Gasteiger partial charge >= 0.3 is 0 Å². The predicted molar refractivity (Wildman–Crippen MR) is 101 cm³/mol. The lowest BCUT2D eigenvalue weighted by atomic mass is 10.2. The van der Waals surface area contributed by atoms with Crippen LogP contribution in [0.3, 0.4) is 0 Å². The Balaban J connectivity index is 1.67. The predicted octanol–water partition coefficient (Wildman–Crippen LogP) is 2.55. The zero-order chi connectivity index (χ0) is 17.9. The van der Waals surface area contributed by atoms with Crippen LogP contribution in [0.25, 0.3) is 22.4 Å². The summed E-state index contributed by atoms with van der Waals surface area (Å²) in [4.78, 5) is 21.6. The number of hydrogen-bond donors (Lipinski definition) is 0. The second kappa shape index (κ2) is 7.05. The van der Waals surface area contributed by atoms with Crippen molar-refractivity contribution in [2.45, 2.75) is 13.3 Å². The molecule has 0 fully saturated rings. The van der Waals surface area contributed by atoms with Crippen LogP contribution in [0.1, 0.15) is 18.9 Å². The number of hydrogen-bond acceptors (Lipinski definition) is 6. The molecule has 4 rings (SSSR count).